The minimum atomic E-state index is -3.35. The predicted octanol–water partition coefficient (Wildman–Crippen LogP) is 0.799. The van der Waals surface area contributed by atoms with Crippen molar-refractivity contribution in [1.29, 1.82) is 0 Å². The van der Waals surface area contributed by atoms with E-state index in [0.717, 1.165) is 11.8 Å². The van der Waals surface area contributed by atoms with E-state index in [2.05, 4.69) is 21.0 Å². The molecular formula is C10H11NO3S. The third kappa shape index (κ3) is 5.83. The summed E-state index contributed by atoms with van der Waals surface area (Å²) in [4.78, 5) is 3.89. The van der Waals surface area contributed by atoms with E-state index in [1.54, 1.807) is 18.5 Å². The molecule has 1 aromatic heterocycles. The van der Waals surface area contributed by atoms with Crippen LogP contribution in [0.15, 0.2) is 24.5 Å². The Bertz CT molecular complexity index is 456. The second-order valence-corrected chi connectivity index (χ2v) is 4.46. The van der Waals surface area contributed by atoms with Crippen LogP contribution in [-0.4, -0.2) is 26.3 Å². The van der Waals surface area contributed by atoms with E-state index in [-0.39, 0.29) is 6.61 Å². The van der Waals surface area contributed by atoms with Crippen molar-refractivity contribution >= 4 is 10.1 Å². The standard InChI is InChI=1S/C10H11NO3S/c1-15(12,13)14-8-3-2-5-10-6-4-7-11-9-10/h4,6-7,9H,3,8H2,1H3. The second-order valence-electron chi connectivity index (χ2n) is 2.82. The lowest BCUT2D eigenvalue weighted by atomic mass is 10.3. The lowest BCUT2D eigenvalue weighted by molar-refractivity contribution is 0.330. The minimum Gasteiger partial charge on any atom is -0.269 e. The van der Waals surface area contributed by atoms with Gasteiger partial charge in [-0.25, -0.2) is 0 Å². The SMILES string of the molecule is CS(=O)(=O)OCCC#Cc1cccnc1. The van der Waals surface area contributed by atoms with Crippen LogP contribution in [0.1, 0.15) is 12.0 Å². The third-order valence-corrected chi connectivity index (χ3v) is 2.01. The first-order valence-electron chi connectivity index (χ1n) is 4.31. The topological polar surface area (TPSA) is 56.3 Å². The summed E-state index contributed by atoms with van der Waals surface area (Å²) in [6.07, 6.45) is 4.70. The smallest absolute Gasteiger partial charge is 0.264 e. The monoisotopic (exact) mass is 225 g/mol. The molecule has 0 saturated heterocycles. The maximum atomic E-state index is 10.6. The highest BCUT2D eigenvalue weighted by Crippen LogP contribution is 1.93. The van der Waals surface area contributed by atoms with E-state index in [1.165, 1.54) is 0 Å². The first-order chi connectivity index (χ1) is 7.08. The molecule has 0 aromatic carbocycles. The largest absolute Gasteiger partial charge is 0.269 e. The molecule has 0 N–H and O–H groups in total. The van der Waals surface area contributed by atoms with Crippen LogP contribution in [0.25, 0.3) is 0 Å². The number of hydrogen-bond donors (Lipinski definition) is 0. The zero-order valence-electron chi connectivity index (χ0n) is 8.30. The molecule has 4 nitrogen and oxygen atoms in total. The fraction of sp³-hybridized carbons (Fsp3) is 0.300. The van der Waals surface area contributed by atoms with Crippen LogP contribution in [0.5, 0.6) is 0 Å². The van der Waals surface area contributed by atoms with Gasteiger partial charge in [-0.1, -0.05) is 11.8 Å². The number of hydrogen-bond acceptors (Lipinski definition) is 4. The maximum Gasteiger partial charge on any atom is 0.264 e. The van der Waals surface area contributed by atoms with E-state index in [0.29, 0.717) is 6.42 Å². The molecule has 0 fully saturated rings. The zero-order valence-corrected chi connectivity index (χ0v) is 9.12. The highest BCUT2D eigenvalue weighted by Gasteiger charge is 1.98. The Morgan fingerprint density at radius 1 is 1.53 bits per heavy atom. The third-order valence-electron chi connectivity index (χ3n) is 1.42. The average molecular weight is 225 g/mol. The molecular weight excluding hydrogens is 214 g/mol. The Morgan fingerprint density at radius 2 is 2.33 bits per heavy atom. The highest BCUT2D eigenvalue weighted by atomic mass is 32.2. The highest BCUT2D eigenvalue weighted by molar-refractivity contribution is 7.85. The van der Waals surface area contributed by atoms with Crippen molar-refractivity contribution < 1.29 is 12.6 Å². The summed E-state index contributed by atoms with van der Waals surface area (Å²) in [5.74, 6) is 5.64. The Morgan fingerprint density at radius 3 is 2.93 bits per heavy atom. The van der Waals surface area contributed by atoms with Gasteiger partial charge in [0.2, 0.25) is 0 Å². The van der Waals surface area contributed by atoms with Crippen LogP contribution in [0.3, 0.4) is 0 Å². The molecule has 80 valence electrons. The minimum absolute atomic E-state index is 0.0894. The van der Waals surface area contributed by atoms with Gasteiger partial charge in [-0.2, -0.15) is 8.42 Å². The summed E-state index contributed by atoms with van der Waals surface area (Å²) < 4.78 is 25.7. The van der Waals surface area contributed by atoms with Crippen LogP contribution in [0, 0.1) is 11.8 Å². The van der Waals surface area contributed by atoms with Crippen molar-refractivity contribution in [3.8, 4) is 11.8 Å². The lowest BCUT2D eigenvalue weighted by Gasteiger charge is -1.94. The zero-order chi connectivity index (χ0) is 11.1. The van der Waals surface area contributed by atoms with Crippen LogP contribution in [0.4, 0.5) is 0 Å². The van der Waals surface area contributed by atoms with Gasteiger partial charge in [-0.05, 0) is 12.1 Å². The average Bonchev–Trinajstić information content (AvgIpc) is 2.17. The van der Waals surface area contributed by atoms with Crippen LogP contribution < -0.4 is 0 Å². The van der Waals surface area contributed by atoms with Gasteiger partial charge >= 0.3 is 0 Å². The summed E-state index contributed by atoms with van der Waals surface area (Å²) in [7, 11) is -3.35. The molecule has 0 atom stereocenters. The molecule has 0 aliphatic rings. The van der Waals surface area contributed by atoms with Gasteiger partial charge in [0.25, 0.3) is 10.1 Å². The van der Waals surface area contributed by atoms with E-state index in [4.69, 9.17) is 0 Å². The van der Waals surface area contributed by atoms with Gasteiger partial charge < -0.3 is 0 Å². The Kier molecular flexibility index (Phi) is 4.28. The van der Waals surface area contributed by atoms with Crippen molar-refractivity contribution in [1.82, 2.24) is 4.98 Å². The first-order valence-corrected chi connectivity index (χ1v) is 6.13. The van der Waals surface area contributed by atoms with E-state index in [9.17, 15) is 8.42 Å². The lowest BCUT2D eigenvalue weighted by Crippen LogP contribution is -2.03. The Labute approximate surface area is 89.4 Å². The number of rotatable bonds is 3. The number of pyridine rings is 1. The Hall–Kier alpha value is -1.38. The maximum absolute atomic E-state index is 10.6. The van der Waals surface area contributed by atoms with E-state index < -0.39 is 10.1 Å². The predicted molar refractivity (Wildman–Crippen MR) is 56.5 cm³/mol. The molecule has 0 unspecified atom stereocenters. The summed E-state index contributed by atoms with van der Waals surface area (Å²) >= 11 is 0. The molecule has 0 saturated carbocycles. The fourth-order valence-corrected chi connectivity index (χ4v) is 1.23. The van der Waals surface area contributed by atoms with Crippen LogP contribution in [-0.2, 0) is 14.3 Å². The van der Waals surface area contributed by atoms with Gasteiger partial charge in [0, 0.05) is 24.4 Å². The van der Waals surface area contributed by atoms with E-state index >= 15 is 0 Å². The second kappa shape index (κ2) is 5.49. The normalized spacial score (nSPS) is 10.5. The molecule has 15 heavy (non-hydrogen) atoms. The van der Waals surface area contributed by atoms with Crippen molar-refractivity contribution in [2.75, 3.05) is 12.9 Å². The van der Waals surface area contributed by atoms with Crippen molar-refractivity contribution in [2.45, 2.75) is 6.42 Å². The number of aromatic nitrogens is 1. The molecule has 0 aliphatic heterocycles. The summed E-state index contributed by atoms with van der Waals surface area (Å²) in [6, 6.07) is 3.62. The molecule has 5 heteroatoms. The van der Waals surface area contributed by atoms with Gasteiger partial charge in [0.05, 0.1) is 12.9 Å². The molecule has 1 rings (SSSR count). The van der Waals surface area contributed by atoms with Crippen LogP contribution >= 0.6 is 0 Å². The summed E-state index contributed by atoms with van der Waals surface area (Å²) in [5.41, 5.74) is 0.803. The van der Waals surface area contributed by atoms with Crippen LogP contribution in [0.2, 0.25) is 0 Å². The van der Waals surface area contributed by atoms with Gasteiger partial charge in [0.15, 0.2) is 0 Å². The molecule has 0 bridgehead atoms. The van der Waals surface area contributed by atoms with Crippen molar-refractivity contribution in [3.63, 3.8) is 0 Å². The van der Waals surface area contributed by atoms with Gasteiger partial charge in [-0.3, -0.25) is 9.17 Å². The first kappa shape index (κ1) is 11.7. The Balaban J connectivity index is 2.36. The molecule has 1 heterocycles. The fourth-order valence-electron chi connectivity index (χ4n) is 0.845. The number of nitrogens with zero attached hydrogens (tertiary/aromatic N) is 1. The molecule has 0 spiro atoms. The van der Waals surface area contributed by atoms with Gasteiger partial charge in [-0.15, -0.1) is 0 Å². The van der Waals surface area contributed by atoms with Crippen molar-refractivity contribution in [2.24, 2.45) is 0 Å². The van der Waals surface area contributed by atoms with E-state index in [1.807, 2.05) is 6.07 Å². The van der Waals surface area contributed by atoms with Gasteiger partial charge in [0.1, 0.15) is 0 Å². The quantitative estimate of drug-likeness (QED) is 0.434. The molecule has 0 aliphatic carbocycles. The summed E-state index contributed by atoms with van der Waals surface area (Å²) in [5, 5.41) is 0. The molecule has 0 amide bonds. The summed E-state index contributed by atoms with van der Waals surface area (Å²) in [6.45, 7) is 0.0894. The molecule has 0 radical (unpaired) electrons. The van der Waals surface area contributed by atoms with Crippen molar-refractivity contribution in [3.05, 3.63) is 30.1 Å². The molecule has 1 aromatic rings.